The number of halogens is 1. The van der Waals surface area contributed by atoms with Crippen LogP contribution in [0, 0.1) is 6.92 Å². The zero-order valence-corrected chi connectivity index (χ0v) is 11.4. The minimum atomic E-state index is 0.481. The first-order valence-electron chi connectivity index (χ1n) is 6.26. The number of hydrogen-bond acceptors (Lipinski definition) is 5. The second kappa shape index (κ2) is 5.09. The molecule has 98 valence electrons. The standard InChI is InChI=1S/C13H14ClN5/c1-8-5-16-10(6-15-8)7-17-12-4-11(14)18-13(19-12)9-2-3-9/h4-6,9H,2-3,7H2,1H3,(H,17,18,19). The van der Waals surface area contributed by atoms with Crippen LogP contribution in [0.2, 0.25) is 5.15 Å². The molecule has 0 bridgehead atoms. The number of rotatable bonds is 4. The van der Waals surface area contributed by atoms with Gasteiger partial charge >= 0.3 is 0 Å². The average molecular weight is 276 g/mol. The Labute approximate surface area is 116 Å². The van der Waals surface area contributed by atoms with Crippen molar-refractivity contribution in [2.24, 2.45) is 0 Å². The third-order valence-corrected chi connectivity index (χ3v) is 3.13. The molecule has 0 spiro atoms. The highest BCUT2D eigenvalue weighted by molar-refractivity contribution is 6.29. The SMILES string of the molecule is Cc1cnc(CNc2cc(Cl)nc(C3CC3)n2)cn1. The maximum absolute atomic E-state index is 6.01. The molecule has 3 rings (SSSR count). The van der Waals surface area contributed by atoms with Gasteiger partial charge in [-0.3, -0.25) is 9.97 Å². The Bertz CT molecular complexity index is 580. The Morgan fingerprint density at radius 1 is 1.26 bits per heavy atom. The summed E-state index contributed by atoms with van der Waals surface area (Å²) >= 11 is 6.01. The summed E-state index contributed by atoms with van der Waals surface area (Å²) in [5, 5.41) is 3.69. The summed E-state index contributed by atoms with van der Waals surface area (Å²) < 4.78 is 0. The van der Waals surface area contributed by atoms with Gasteiger partial charge < -0.3 is 5.32 Å². The van der Waals surface area contributed by atoms with Gasteiger partial charge in [0.2, 0.25) is 0 Å². The van der Waals surface area contributed by atoms with Crippen molar-refractivity contribution >= 4 is 17.4 Å². The van der Waals surface area contributed by atoms with Gasteiger partial charge in [0.15, 0.2) is 0 Å². The molecule has 1 aliphatic rings. The summed E-state index contributed by atoms with van der Waals surface area (Å²) in [6.45, 7) is 2.49. The molecular formula is C13H14ClN5. The van der Waals surface area contributed by atoms with Crippen LogP contribution in [-0.4, -0.2) is 19.9 Å². The Balaban J connectivity index is 1.70. The zero-order valence-electron chi connectivity index (χ0n) is 10.6. The minimum Gasteiger partial charge on any atom is -0.364 e. The molecular weight excluding hydrogens is 262 g/mol. The number of anilines is 1. The van der Waals surface area contributed by atoms with Crippen molar-refractivity contribution in [2.45, 2.75) is 32.2 Å². The summed E-state index contributed by atoms with van der Waals surface area (Å²) in [6, 6.07) is 1.73. The largest absolute Gasteiger partial charge is 0.364 e. The number of hydrogen-bond donors (Lipinski definition) is 1. The fourth-order valence-electron chi connectivity index (χ4n) is 1.74. The van der Waals surface area contributed by atoms with Crippen LogP contribution in [0.25, 0.3) is 0 Å². The minimum absolute atomic E-state index is 0.481. The van der Waals surface area contributed by atoms with Gasteiger partial charge in [-0.1, -0.05) is 11.6 Å². The van der Waals surface area contributed by atoms with Crippen LogP contribution in [0.3, 0.4) is 0 Å². The van der Waals surface area contributed by atoms with Gasteiger partial charge in [-0.2, -0.15) is 0 Å². The molecule has 2 aromatic heterocycles. The molecule has 0 aromatic carbocycles. The van der Waals surface area contributed by atoms with Crippen molar-refractivity contribution in [1.29, 1.82) is 0 Å². The number of aryl methyl sites for hydroxylation is 1. The summed E-state index contributed by atoms with van der Waals surface area (Å²) in [7, 11) is 0. The molecule has 0 unspecified atom stereocenters. The topological polar surface area (TPSA) is 63.6 Å². The van der Waals surface area contributed by atoms with Crippen LogP contribution in [-0.2, 0) is 6.54 Å². The van der Waals surface area contributed by atoms with Crippen LogP contribution < -0.4 is 5.32 Å². The predicted octanol–water partition coefficient (Wildman–Crippen LogP) is 2.72. The van der Waals surface area contributed by atoms with E-state index in [1.807, 2.05) is 6.92 Å². The molecule has 1 aliphatic carbocycles. The molecule has 2 heterocycles. The molecule has 0 amide bonds. The molecule has 0 radical (unpaired) electrons. The molecule has 2 aromatic rings. The second-order valence-electron chi connectivity index (χ2n) is 4.71. The van der Waals surface area contributed by atoms with Crippen molar-refractivity contribution in [3.8, 4) is 0 Å². The van der Waals surface area contributed by atoms with Crippen molar-refractivity contribution in [3.05, 3.63) is 40.8 Å². The van der Waals surface area contributed by atoms with Crippen LogP contribution in [0.1, 0.15) is 36.0 Å². The summed E-state index contributed by atoms with van der Waals surface area (Å²) in [5.41, 5.74) is 1.78. The lowest BCUT2D eigenvalue weighted by Crippen LogP contribution is -2.06. The molecule has 0 aliphatic heterocycles. The summed E-state index contributed by atoms with van der Waals surface area (Å²) in [4.78, 5) is 17.2. The van der Waals surface area contributed by atoms with E-state index in [9.17, 15) is 0 Å². The number of nitrogens with zero attached hydrogens (tertiary/aromatic N) is 4. The smallest absolute Gasteiger partial charge is 0.135 e. The normalized spacial score (nSPS) is 14.4. The Morgan fingerprint density at radius 2 is 2.11 bits per heavy atom. The molecule has 19 heavy (non-hydrogen) atoms. The zero-order chi connectivity index (χ0) is 13.2. The molecule has 1 N–H and O–H groups in total. The monoisotopic (exact) mass is 275 g/mol. The highest BCUT2D eigenvalue weighted by atomic mass is 35.5. The molecule has 5 nitrogen and oxygen atoms in total. The van der Waals surface area contributed by atoms with Crippen LogP contribution >= 0.6 is 11.6 Å². The van der Waals surface area contributed by atoms with Gasteiger partial charge in [0, 0.05) is 18.2 Å². The summed E-state index contributed by atoms with van der Waals surface area (Å²) in [5.74, 6) is 2.06. The highest BCUT2D eigenvalue weighted by Crippen LogP contribution is 2.38. The van der Waals surface area contributed by atoms with Gasteiger partial charge in [-0.25, -0.2) is 9.97 Å². The quantitative estimate of drug-likeness (QED) is 0.869. The maximum atomic E-state index is 6.01. The Morgan fingerprint density at radius 3 is 2.79 bits per heavy atom. The van der Waals surface area contributed by atoms with Crippen molar-refractivity contribution in [2.75, 3.05) is 5.32 Å². The van der Waals surface area contributed by atoms with E-state index in [2.05, 4.69) is 25.3 Å². The van der Waals surface area contributed by atoms with E-state index < -0.39 is 0 Å². The third-order valence-electron chi connectivity index (χ3n) is 2.94. The van der Waals surface area contributed by atoms with Crippen molar-refractivity contribution in [3.63, 3.8) is 0 Å². The van der Waals surface area contributed by atoms with Gasteiger partial charge in [0.25, 0.3) is 0 Å². The van der Waals surface area contributed by atoms with Crippen LogP contribution in [0.5, 0.6) is 0 Å². The lowest BCUT2D eigenvalue weighted by molar-refractivity contribution is 0.912. The van der Waals surface area contributed by atoms with E-state index in [4.69, 9.17) is 11.6 Å². The molecule has 0 saturated heterocycles. The predicted molar refractivity (Wildman–Crippen MR) is 73.1 cm³/mol. The van der Waals surface area contributed by atoms with E-state index in [-0.39, 0.29) is 0 Å². The molecule has 1 saturated carbocycles. The number of aromatic nitrogens is 4. The maximum Gasteiger partial charge on any atom is 0.135 e. The first kappa shape index (κ1) is 12.3. The average Bonchev–Trinajstić information content (AvgIpc) is 3.22. The van der Waals surface area contributed by atoms with Crippen LogP contribution in [0.4, 0.5) is 5.82 Å². The fourth-order valence-corrected chi connectivity index (χ4v) is 1.93. The molecule has 0 atom stereocenters. The Hall–Kier alpha value is -1.75. The highest BCUT2D eigenvalue weighted by Gasteiger charge is 2.27. The lowest BCUT2D eigenvalue weighted by atomic mass is 10.4. The van der Waals surface area contributed by atoms with Gasteiger partial charge in [-0.05, 0) is 19.8 Å². The van der Waals surface area contributed by atoms with Gasteiger partial charge in [0.1, 0.15) is 16.8 Å². The van der Waals surface area contributed by atoms with Gasteiger partial charge in [0.05, 0.1) is 24.1 Å². The van der Waals surface area contributed by atoms with Crippen LogP contribution in [0.15, 0.2) is 18.5 Å². The van der Waals surface area contributed by atoms with E-state index >= 15 is 0 Å². The number of nitrogens with one attached hydrogen (secondary N) is 1. The first-order valence-corrected chi connectivity index (χ1v) is 6.64. The van der Waals surface area contributed by atoms with E-state index in [1.54, 1.807) is 18.5 Å². The van der Waals surface area contributed by atoms with Crippen molar-refractivity contribution in [1.82, 2.24) is 19.9 Å². The summed E-state index contributed by atoms with van der Waals surface area (Å²) in [6.07, 6.45) is 5.82. The molecule has 6 heteroatoms. The Kier molecular flexibility index (Phi) is 3.29. The molecule has 1 fully saturated rings. The van der Waals surface area contributed by atoms with E-state index in [0.29, 0.717) is 17.6 Å². The lowest BCUT2D eigenvalue weighted by Gasteiger charge is -2.07. The van der Waals surface area contributed by atoms with Gasteiger partial charge in [-0.15, -0.1) is 0 Å². The van der Waals surface area contributed by atoms with E-state index in [0.717, 1.165) is 35.9 Å². The fraction of sp³-hybridized carbons (Fsp3) is 0.385. The third kappa shape index (κ3) is 3.17. The first-order chi connectivity index (χ1) is 9.20. The second-order valence-corrected chi connectivity index (χ2v) is 5.10. The van der Waals surface area contributed by atoms with Crippen molar-refractivity contribution < 1.29 is 0 Å². The van der Waals surface area contributed by atoms with E-state index in [1.165, 1.54) is 0 Å².